The number of amides is 1. The Hall–Kier alpha value is -2.36. The summed E-state index contributed by atoms with van der Waals surface area (Å²) in [5, 5.41) is 3.40. The Labute approximate surface area is 142 Å². The molecule has 0 aromatic carbocycles. The molecular formula is C15H19F3N6O. The van der Waals surface area contributed by atoms with Crippen LogP contribution in [0.15, 0.2) is 18.5 Å². The number of nitrogens with zero attached hydrogens (tertiary/aromatic N) is 6. The average molecular weight is 356 g/mol. The van der Waals surface area contributed by atoms with Gasteiger partial charge in [0.1, 0.15) is 11.5 Å². The molecule has 2 aromatic heterocycles. The highest BCUT2D eigenvalue weighted by atomic mass is 19.4. The van der Waals surface area contributed by atoms with Gasteiger partial charge in [-0.3, -0.25) is 14.4 Å². The van der Waals surface area contributed by atoms with Gasteiger partial charge in [-0.25, -0.2) is 4.98 Å². The number of aryl methyl sites for hydroxylation is 2. The van der Waals surface area contributed by atoms with Gasteiger partial charge in [-0.1, -0.05) is 0 Å². The molecule has 10 heteroatoms. The van der Waals surface area contributed by atoms with Gasteiger partial charge in [-0.05, 0) is 0 Å². The van der Waals surface area contributed by atoms with Crippen LogP contribution in [0.25, 0.3) is 0 Å². The lowest BCUT2D eigenvalue weighted by Crippen LogP contribution is -2.48. The van der Waals surface area contributed by atoms with Gasteiger partial charge < -0.3 is 9.47 Å². The van der Waals surface area contributed by atoms with E-state index in [4.69, 9.17) is 0 Å². The van der Waals surface area contributed by atoms with Gasteiger partial charge in [0.25, 0.3) is 5.91 Å². The molecule has 136 valence electrons. The summed E-state index contributed by atoms with van der Waals surface area (Å²) in [5.41, 5.74) is -1.10. The van der Waals surface area contributed by atoms with E-state index < -0.39 is 17.8 Å². The molecule has 0 atom stereocenters. The maximum Gasteiger partial charge on any atom is 0.435 e. The van der Waals surface area contributed by atoms with Gasteiger partial charge in [-0.2, -0.15) is 18.3 Å². The zero-order valence-corrected chi connectivity index (χ0v) is 14.0. The number of hydrogen-bond donors (Lipinski definition) is 0. The molecule has 1 saturated heterocycles. The van der Waals surface area contributed by atoms with Crippen molar-refractivity contribution in [2.24, 2.45) is 14.1 Å². The van der Waals surface area contributed by atoms with Crippen LogP contribution in [-0.2, 0) is 26.8 Å². The van der Waals surface area contributed by atoms with Crippen LogP contribution in [0.5, 0.6) is 0 Å². The molecule has 1 aliphatic heterocycles. The smallest absolute Gasteiger partial charge is 0.337 e. The van der Waals surface area contributed by atoms with Gasteiger partial charge in [0.15, 0.2) is 5.69 Å². The maximum atomic E-state index is 12.7. The van der Waals surface area contributed by atoms with Crippen LogP contribution in [0.1, 0.15) is 22.0 Å². The largest absolute Gasteiger partial charge is 0.435 e. The van der Waals surface area contributed by atoms with Gasteiger partial charge in [-0.15, -0.1) is 0 Å². The summed E-state index contributed by atoms with van der Waals surface area (Å²) < 4.78 is 41.1. The van der Waals surface area contributed by atoms with Gasteiger partial charge in [0, 0.05) is 58.7 Å². The van der Waals surface area contributed by atoms with E-state index in [0.29, 0.717) is 32.7 Å². The van der Waals surface area contributed by atoms with Crippen molar-refractivity contribution in [2.75, 3.05) is 26.2 Å². The van der Waals surface area contributed by atoms with Crippen LogP contribution in [0.3, 0.4) is 0 Å². The number of carbonyl (C=O) groups excluding carboxylic acids is 1. The fourth-order valence-electron chi connectivity index (χ4n) is 2.83. The lowest BCUT2D eigenvalue weighted by Gasteiger charge is -2.34. The van der Waals surface area contributed by atoms with Crippen LogP contribution in [0.2, 0.25) is 0 Å². The van der Waals surface area contributed by atoms with Crippen molar-refractivity contribution >= 4 is 5.91 Å². The third-order valence-corrected chi connectivity index (χ3v) is 4.33. The number of piperazine rings is 1. The molecule has 0 aliphatic carbocycles. The second-order valence-electron chi connectivity index (χ2n) is 6.06. The van der Waals surface area contributed by atoms with Gasteiger partial charge in [0.05, 0.1) is 6.54 Å². The number of imidazole rings is 1. The van der Waals surface area contributed by atoms with Crippen molar-refractivity contribution in [3.63, 3.8) is 0 Å². The molecule has 7 nitrogen and oxygen atoms in total. The fraction of sp³-hybridized carbons (Fsp3) is 0.533. The first-order valence-corrected chi connectivity index (χ1v) is 7.85. The minimum atomic E-state index is -4.56. The first-order valence-electron chi connectivity index (χ1n) is 7.85. The van der Waals surface area contributed by atoms with E-state index in [1.165, 1.54) is 7.05 Å². The molecule has 1 amide bonds. The quantitative estimate of drug-likeness (QED) is 0.827. The van der Waals surface area contributed by atoms with Crippen molar-refractivity contribution in [1.82, 2.24) is 29.1 Å². The van der Waals surface area contributed by atoms with Crippen LogP contribution in [-0.4, -0.2) is 61.2 Å². The van der Waals surface area contributed by atoms with Gasteiger partial charge in [0.2, 0.25) is 0 Å². The zero-order valence-electron chi connectivity index (χ0n) is 14.0. The molecular weight excluding hydrogens is 337 g/mol. The Bertz CT molecular complexity index is 758. The number of rotatable bonds is 3. The summed E-state index contributed by atoms with van der Waals surface area (Å²) in [6.45, 7) is 2.87. The second-order valence-corrected chi connectivity index (χ2v) is 6.06. The molecule has 0 saturated carbocycles. The van der Waals surface area contributed by atoms with Crippen molar-refractivity contribution < 1.29 is 18.0 Å². The van der Waals surface area contributed by atoms with E-state index in [0.717, 1.165) is 16.6 Å². The maximum absolute atomic E-state index is 12.7. The zero-order chi connectivity index (χ0) is 18.2. The van der Waals surface area contributed by atoms with E-state index in [2.05, 4.69) is 15.0 Å². The Balaban J connectivity index is 1.62. The summed E-state index contributed by atoms with van der Waals surface area (Å²) in [5.74, 6) is 0.503. The second kappa shape index (κ2) is 6.51. The van der Waals surface area contributed by atoms with E-state index in [-0.39, 0.29) is 5.69 Å². The molecule has 0 N–H and O–H groups in total. The first kappa shape index (κ1) is 17.5. The summed E-state index contributed by atoms with van der Waals surface area (Å²) in [4.78, 5) is 20.5. The van der Waals surface area contributed by atoms with Crippen molar-refractivity contribution in [2.45, 2.75) is 12.7 Å². The standard InChI is InChI=1S/C15H19F3N6O/c1-21-4-3-19-13(21)10-23-5-7-24(8-6-23)14(25)11-9-12(15(16,17)18)20-22(11)2/h3-4,9H,5-8,10H2,1-2H3. The molecule has 1 aliphatic rings. The van der Waals surface area contributed by atoms with Crippen LogP contribution in [0, 0.1) is 0 Å². The minimum absolute atomic E-state index is 0.0510. The van der Waals surface area contributed by atoms with Crippen LogP contribution >= 0.6 is 0 Å². The first-order chi connectivity index (χ1) is 11.8. The van der Waals surface area contributed by atoms with E-state index in [9.17, 15) is 18.0 Å². The van der Waals surface area contributed by atoms with Crippen molar-refractivity contribution in [3.8, 4) is 0 Å². The number of alkyl halides is 3. The predicted octanol–water partition coefficient (Wildman–Crippen LogP) is 1.13. The summed E-state index contributed by atoms with van der Waals surface area (Å²) in [6.07, 6.45) is -0.956. The lowest BCUT2D eigenvalue weighted by atomic mass is 10.2. The number of hydrogen-bond acceptors (Lipinski definition) is 4. The molecule has 0 unspecified atom stereocenters. The molecule has 25 heavy (non-hydrogen) atoms. The summed E-state index contributed by atoms with van der Waals surface area (Å²) >= 11 is 0. The highest BCUT2D eigenvalue weighted by Gasteiger charge is 2.36. The Kier molecular flexibility index (Phi) is 4.55. The van der Waals surface area contributed by atoms with Gasteiger partial charge >= 0.3 is 6.18 Å². The molecule has 0 bridgehead atoms. The molecule has 1 fully saturated rings. The van der Waals surface area contributed by atoms with Crippen molar-refractivity contribution in [3.05, 3.63) is 35.7 Å². The fourth-order valence-corrected chi connectivity index (χ4v) is 2.83. The van der Waals surface area contributed by atoms with Crippen molar-refractivity contribution in [1.29, 1.82) is 0 Å². The topological polar surface area (TPSA) is 59.2 Å². The van der Waals surface area contributed by atoms with E-state index in [1.807, 2.05) is 17.8 Å². The lowest BCUT2D eigenvalue weighted by molar-refractivity contribution is -0.141. The number of carbonyl (C=O) groups is 1. The average Bonchev–Trinajstić information content (AvgIpc) is 3.13. The number of aromatic nitrogens is 4. The normalized spacial score (nSPS) is 16.4. The molecule has 2 aromatic rings. The van der Waals surface area contributed by atoms with Crippen LogP contribution in [0.4, 0.5) is 13.2 Å². The summed E-state index contributed by atoms with van der Waals surface area (Å²) in [7, 11) is 3.27. The highest BCUT2D eigenvalue weighted by molar-refractivity contribution is 5.92. The SMILES string of the molecule is Cn1ccnc1CN1CCN(C(=O)c2cc(C(F)(F)F)nn2C)CC1. The molecule has 0 spiro atoms. The highest BCUT2D eigenvalue weighted by Crippen LogP contribution is 2.28. The summed E-state index contributed by atoms with van der Waals surface area (Å²) in [6, 6.07) is 0.808. The van der Waals surface area contributed by atoms with Crippen LogP contribution < -0.4 is 0 Å². The number of halogens is 3. The minimum Gasteiger partial charge on any atom is -0.337 e. The third kappa shape index (κ3) is 3.68. The molecule has 3 rings (SSSR count). The third-order valence-electron chi connectivity index (χ3n) is 4.33. The van der Waals surface area contributed by atoms with E-state index in [1.54, 1.807) is 11.1 Å². The monoisotopic (exact) mass is 356 g/mol. The molecule has 0 radical (unpaired) electrons. The Morgan fingerprint density at radius 2 is 1.88 bits per heavy atom. The Morgan fingerprint density at radius 1 is 1.20 bits per heavy atom. The molecule has 3 heterocycles. The Morgan fingerprint density at radius 3 is 2.40 bits per heavy atom. The van der Waals surface area contributed by atoms with E-state index >= 15 is 0 Å². The predicted molar refractivity (Wildman–Crippen MR) is 82.6 cm³/mol.